The van der Waals surface area contributed by atoms with Crippen LogP contribution in [0.4, 0.5) is 5.88 Å². The lowest BCUT2D eigenvalue weighted by atomic mass is 9.98. The van der Waals surface area contributed by atoms with Gasteiger partial charge in [0, 0.05) is 16.7 Å². The molecular formula is C30H28N2O3. The number of nitrogens with one attached hydrogen (secondary N) is 1. The van der Waals surface area contributed by atoms with Crippen LogP contribution in [0.3, 0.4) is 0 Å². The summed E-state index contributed by atoms with van der Waals surface area (Å²) in [5, 5.41) is 12.8. The number of carbonyl (C=O) groups excluding carboxylic acids is 1. The average molecular weight is 465 g/mol. The maximum Gasteiger partial charge on any atom is 0.258 e. The van der Waals surface area contributed by atoms with Gasteiger partial charge in [0.1, 0.15) is 23.1 Å². The van der Waals surface area contributed by atoms with Gasteiger partial charge in [-0.3, -0.25) is 10.1 Å². The Kier molecular flexibility index (Phi) is 7.98. The number of nitriles is 1. The summed E-state index contributed by atoms with van der Waals surface area (Å²) in [6.45, 7) is 2.84. The number of anilines is 1. The molecule has 4 rings (SSSR count). The monoisotopic (exact) mass is 464 g/mol. The van der Waals surface area contributed by atoms with E-state index in [1.807, 2.05) is 60.7 Å². The molecule has 0 bridgehead atoms. The second kappa shape index (κ2) is 11.7. The van der Waals surface area contributed by atoms with E-state index in [2.05, 4.69) is 18.3 Å². The predicted molar refractivity (Wildman–Crippen MR) is 138 cm³/mol. The number of furan rings is 1. The largest absolute Gasteiger partial charge is 0.494 e. The summed E-state index contributed by atoms with van der Waals surface area (Å²) in [6, 6.07) is 28.4. The normalized spacial score (nSPS) is 10.5. The van der Waals surface area contributed by atoms with Crippen molar-refractivity contribution in [3.05, 3.63) is 96.1 Å². The van der Waals surface area contributed by atoms with E-state index in [1.165, 1.54) is 12.8 Å². The Hall–Kier alpha value is -4.30. The highest BCUT2D eigenvalue weighted by Gasteiger charge is 2.24. The summed E-state index contributed by atoms with van der Waals surface area (Å²) < 4.78 is 11.9. The van der Waals surface area contributed by atoms with Crippen molar-refractivity contribution in [2.24, 2.45) is 0 Å². The zero-order valence-electron chi connectivity index (χ0n) is 19.8. The van der Waals surface area contributed by atoms with Crippen LogP contribution in [0.5, 0.6) is 5.75 Å². The molecule has 1 heterocycles. The van der Waals surface area contributed by atoms with E-state index in [9.17, 15) is 10.1 Å². The molecule has 176 valence electrons. The third-order valence-electron chi connectivity index (χ3n) is 5.73. The van der Waals surface area contributed by atoms with E-state index in [0.29, 0.717) is 23.5 Å². The predicted octanol–water partition coefficient (Wildman–Crippen LogP) is 7.70. The van der Waals surface area contributed by atoms with Gasteiger partial charge in [-0.25, -0.2) is 0 Å². The topological polar surface area (TPSA) is 75.3 Å². The number of amides is 1. The molecule has 0 atom stereocenters. The fourth-order valence-electron chi connectivity index (χ4n) is 3.90. The lowest BCUT2D eigenvalue weighted by molar-refractivity contribution is 0.102. The summed E-state index contributed by atoms with van der Waals surface area (Å²) in [5.74, 6) is 1.04. The number of nitrogens with zero attached hydrogens (tertiary/aromatic N) is 1. The highest BCUT2D eigenvalue weighted by Crippen LogP contribution is 2.41. The quantitative estimate of drug-likeness (QED) is 0.244. The summed E-state index contributed by atoms with van der Waals surface area (Å²) in [6.07, 6.45) is 4.56. The minimum absolute atomic E-state index is 0.131. The molecule has 1 aromatic heterocycles. The zero-order chi connectivity index (χ0) is 24.5. The molecule has 0 unspecified atom stereocenters. The third kappa shape index (κ3) is 5.80. The van der Waals surface area contributed by atoms with Crippen LogP contribution in [0, 0.1) is 11.3 Å². The Morgan fingerprint density at radius 2 is 1.54 bits per heavy atom. The SMILES string of the molecule is CCCCCCOc1ccc(C(=O)Nc2oc(-c3ccccc3)c(-c3ccccc3)c2C#N)cc1. The van der Waals surface area contributed by atoms with E-state index in [1.54, 1.807) is 24.3 Å². The molecule has 0 aliphatic carbocycles. The molecule has 5 nitrogen and oxygen atoms in total. The van der Waals surface area contributed by atoms with Gasteiger partial charge in [0.05, 0.1) is 6.61 Å². The number of ether oxygens (including phenoxy) is 1. The van der Waals surface area contributed by atoms with Crippen LogP contribution in [0.25, 0.3) is 22.5 Å². The second-order valence-corrected chi connectivity index (χ2v) is 8.24. The molecule has 0 fully saturated rings. The van der Waals surface area contributed by atoms with Crippen molar-refractivity contribution in [2.45, 2.75) is 32.6 Å². The van der Waals surface area contributed by atoms with Crippen LogP contribution in [0.15, 0.2) is 89.3 Å². The number of hydrogen-bond acceptors (Lipinski definition) is 4. The highest BCUT2D eigenvalue weighted by atomic mass is 16.5. The fourth-order valence-corrected chi connectivity index (χ4v) is 3.90. The molecule has 0 aliphatic heterocycles. The molecular weight excluding hydrogens is 436 g/mol. The van der Waals surface area contributed by atoms with Crippen molar-refractivity contribution in [2.75, 3.05) is 11.9 Å². The summed E-state index contributed by atoms with van der Waals surface area (Å²) in [4.78, 5) is 13.0. The third-order valence-corrected chi connectivity index (χ3v) is 5.73. The van der Waals surface area contributed by atoms with Gasteiger partial charge in [0.2, 0.25) is 5.88 Å². The molecule has 3 aromatic carbocycles. The van der Waals surface area contributed by atoms with Gasteiger partial charge in [0.15, 0.2) is 0 Å². The Morgan fingerprint density at radius 3 is 2.17 bits per heavy atom. The van der Waals surface area contributed by atoms with Crippen LogP contribution in [0.2, 0.25) is 0 Å². The highest BCUT2D eigenvalue weighted by molar-refractivity contribution is 6.05. The van der Waals surface area contributed by atoms with Crippen molar-refractivity contribution in [1.29, 1.82) is 5.26 Å². The first kappa shape index (κ1) is 23.8. The molecule has 4 aromatic rings. The smallest absolute Gasteiger partial charge is 0.258 e. The Morgan fingerprint density at radius 1 is 0.886 bits per heavy atom. The van der Waals surface area contributed by atoms with Gasteiger partial charge in [-0.05, 0) is 36.2 Å². The number of rotatable bonds is 10. The van der Waals surface area contributed by atoms with E-state index >= 15 is 0 Å². The number of carbonyl (C=O) groups is 1. The van der Waals surface area contributed by atoms with Crippen molar-refractivity contribution in [3.63, 3.8) is 0 Å². The fraction of sp³-hybridized carbons (Fsp3) is 0.200. The molecule has 0 spiro atoms. The van der Waals surface area contributed by atoms with Crippen LogP contribution in [0.1, 0.15) is 48.5 Å². The van der Waals surface area contributed by atoms with E-state index in [4.69, 9.17) is 9.15 Å². The summed E-state index contributed by atoms with van der Waals surface area (Å²) in [5.41, 5.74) is 3.05. The van der Waals surface area contributed by atoms with E-state index in [0.717, 1.165) is 29.7 Å². The summed E-state index contributed by atoms with van der Waals surface area (Å²) in [7, 11) is 0. The Labute approximate surface area is 206 Å². The first-order valence-corrected chi connectivity index (χ1v) is 11.9. The van der Waals surface area contributed by atoms with E-state index < -0.39 is 0 Å². The zero-order valence-corrected chi connectivity index (χ0v) is 19.8. The van der Waals surface area contributed by atoms with Crippen LogP contribution >= 0.6 is 0 Å². The van der Waals surface area contributed by atoms with Crippen LogP contribution in [-0.2, 0) is 0 Å². The number of unbranched alkanes of at least 4 members (excludes halogenated alkanes) is 3. The van der Waals surface area contributed by atoms with Gasteiger partial charge < -0.3 is 9.15 Å². The molecule has 0 saturated carbocycles. The average Bonchev–Trinajstić information content (AvgIpc) is 3.28. The first-order chi connectivity index (χ1) is 17.2. The van der Waals surface area contributed by atoms with E-state index in [-0.39, 0.29) is 17.4 Å². The molecule has 5 heteroatoms. The van der Waals surface area contributed by atoms with Gasteiger partial charge >= 0.3 is 0 Å². The molecule has 0 radical (unpaired) electrons. The minimum atomic E-state index is -0.357. The molecule has 1 N–H and O–H groups in total. The minimum Gasteiger partial charge on any atom is -0.494 e. The standard InChI is InChI=1S/C30H28N2O3/c1-2-3-4-11-20-34-25-18-16-24(17-19-25)29(33)32-30-26(21-31)27(22-12-7-5-8-13-22)28(35-30)23-14-9-6-10-15-23/h5-10,12-19H,2-4,11,20H2,1H3,(H,32,33). The van der Waals surface area contributed by atoms with Crippen molar-refractivity contribution < 1.29 is 13.9 Å². The van der Waals surface area contributed by atoms with Crippen LogP contribution in [-0.4, -0.2) is 12.5 Å². The lowest BCUT2D eigenvalue weighted by Gasteiger charge is -2.07. The molecule has 35 heavy (non-hydrogen) atoms. The van der Waals surface area contributed by atoms with Crippen molar-refractivity contribution in [1.82, 2.24) is 0 Å². The summed E-state index contributed by atoms with van der Waals surface area (Å²) >= 11 is 0. The Bertz CT molecular complexity index is 1290. The maximum atomic E-state index is 13.0. The van der Waals surface area contributed by atoms with Gasteiger partial charge in [-0.15, -0.1) is 0 Å². The van der Waals surface area contributed by atoms with Crippen molar-refractivity contribution in [3.8, 4) is 34.3 Å². The maximum absolute atomic E-state index is 13.0. The number of benzene rings is 3. The van der Waals surface area contributed by atoms with Crippen LogP contribution < -0.4 is 10.1 Å². The lowest BCUT2D eigenvalue weighted by Crippen LogP contribution is -2.12. The first-order valence-electron chi connectivity index (χ1n) is 11.9. The van der Waals surface area contributed by atoms with Gasteiger partial charge in [0.25, 0.3) is 5.91 Å². The van der Waals surface area contributed by atoms with Gasteiger partial charge in [-0.2, -0.15) is 5.26 Å². The molecule has 0 saturated heterocycles. The van der Waals surface area contributed by atoms with Gasteiger partial charge in [-0.1, -0.05) is 86.8 Å². The van der Waals surface area contributed by atoms with Crippen molar-refractivity contribution >= 4 is 11.8 Å². The second-order valence-electron chi connectivity index (χ2n) is 8.24. The Balaban J connectivity index is 1.57. The molecule has 1 amide bonds. The number of hydrogen-bond donors (Lipinski definition) is 1. The molecule has 0 aliphatic rings.